The highest BCUT2D eigenvalue weighted by molar-refractivity contribution is 5.83. The number of imidazole rings is 1. The molecule has 1 saturated carbocycles. The van der Waals surface area contributed by atoms with Gasteiger partial charge in [0.1, 0.15) is 17.1 Å². The number of nitrogens with zero attached hydrogens (tertiary/aromatic N) is 8. The molecule has 0 amide bonds. The second-order valence-electron chi connectivity index (χ2n) is 11.2. The molecule has 0 radical (unpaired) electrons. The summed E-state index contributed by atoms with van der Waals surface area (Å²) in [6.45, 7) is 7.22. The molecule has 202 valence electrons. The first-order chi connectivity index (χ1) is 19.6. The topological polar surface area (TPSA) is 103 Å². The second-order valence-corrected chi connectivity index (χ2v) is 11.2. The molecular formula is C30H31N9O. The van der Waals surface area contributed by atoms with Gasteiger partial charge in [0.15, 0.2) is 23.1 Å². The van der Waals surface area contributed by atoms with Gasteiger partial charge in [-0.1, -0.05) is 6.07 Å². The summed E-state index contributed by atoms with van der Waals surface area (Å²) in [6, 6.07) is 16.1. The van der Waals surface area contributed by atoms with Gasteiger partial charge in [-0.2, -0.15) is 0 Å². The summed E-state index contributed by atoms with van der Waals surface area (Å²) in [5.74, 6) is 3.71. The van der Waals surface area contributed by atoms with Gasteiger partial charge in [0.2, 0.25) is 0 Å². The average Bonchev–Trinajstić information content (AvgIpc) is 3.36. The SMILES string of the molecule is CC1(N2CCN(c3ccn(-c4ccc5nc(-c6cccnc6N)n(-c6ccc7c(c6)OCC7)c5n4)n3)CC2)CC1. The molecular weight excluding hydrogens is 502 g/mol. The number of ether oxygens (including phenoxy) is 1. The number of aromatic nitrogens is 6. The fourth-order valence-corrected chi connectivity index (χ4v) is 5.98. The first-order valence-electron chi connectivity index (χ1n) is 14.0. The van der Waals surface area contributed by atoms with Gasteiger partial charge in [-0.25, -0.2) is 19.6 Å². The molecule has 2 aliphatic heterocycles. The lowest BCUT2D eigenvalue weighted by Crippen LogP contribution is -2.50. The van der Waals surface area contributed by atoms with Crippen LogP contribution in [0.25, 0.3) is 34.1 Å². The lowest BCUT2D eigenvalue weighted by molar-refractivity contribution is 0.179. The maximum absolute atomic E-state index is 6.31. The molecule has 10 nitrogen and oxygen atoms in total. The lowest BCUT2D eigenvalue weighted by atomic mass is 10.1. The first kappa shape index (κ1) is 23.4. The predicted molar refractivity (Wildman–Crippen MR) is 154 cm³/mol. The fourth-order valence-electron chi connectivity index (χ4n) is 5.98. The number of hydrogen-bond acceptors (Lipinski definition) is 8. The summed E-state index contributed by atoms with van der Waals surface area (Å²) in [4.78, 5) is 19.3. The number of benzene rings is 1. The summed E-state index contributed by atoms with van der Waals surface area (Å²) in [6.07, 6.45) is 7.23. The molecule has 40 heavy (non-hydrogen) atoms. The van der Waals surface area contributed by atoms with Crippen LogP contribution in [-0.2, 0) is 6.42 Å². The van der Waals surface area contributed by atoms with E-state index in [9.17, 15) is 0 Å². The Morgan fingerprint density at radius 1 is 0.950 bits per heavy atom. The molecule has 0 bridgehead atoms. The third-order valence-corrected chi connectivity index (χ3v) is 8.66. The van der Waals surface area contributed by atoms with Crippen LogP contribution in [0.4, 0.5) is 11.6 Å². The molecule has 10 heteroatoms. The van der Waals surface area contributed by atoms with Crippen LogP contribution in [0.3, 0.4) is 0 Å². The number of fused-ring (bicyclic) bond motifs is 2. The van der Waals surface area contributed by atoms with Crippen molar-refractivity contribution in [3.05, 3.63) is 66.5 Å². The normalized spacial score (nSPS) is 18.2. The van der Waals surface area contributed by atoms with Crippen LogP contribution in [0.1, 0.15) is 25.3 Å². The van der Waals surface area contributed by atoms with Crippen LogP contribution in [0.5, 0.6) is 5.75 Å². The smallest absolute Gasteiger partial charge is 0.167 e. The maximum Gasteiger partial charge on any atom is 0.167 e. The average molecular weight is 534 g/mol. The predicted octanol–water partition coefficient (Wildman–Crippen LogP) is 3.86. The Morgan fingerprint density at radius 3 is 2.65 bits per heavy atom. The number of piperazine rings is 1. The highest BCUT2D eigenvalue weighted by atomic mass is 16.5. The number of rotatable bonds is 5. The van der Waals surface area contributed by atoms with Crippen LogP contribution >= 0.6 is 0 Å². The summed E-state index contributed by atoms with van der Waals surface area (Å²) in [5.41, 5.74) is 11.1. The quantitative estimate of drug-likeness (QED) is 0.363. The fraction of sp³-hybridized carbons (Fsp3) is 0.333. The molecule has 4 aromatic heterocycles. The van der Waals surface area contributed by atoms with Crippen molar-refractivity contribution in [1.82, 2.24) is 34.2 Å². The number of pyridine rings is 2. The van der Waals surface area contributed by atoms with Gasteiger partial charge >= 0.3 is 0 Å². The zero-order chi connectivity index (χ0) is 26.8. The maximum atomic E-state index is 6.31. The van der Waals surface area contributed by atoms with Gasteiger partial charge in [0, 0.05) is 62.7 Å². The molecule has 2 fully saturated rings. The summed E-state index contributed by atoms with van der Waals surface area (Å²) < 4.78 is 9.78. The molecule has 1 aliphatic carbocycles. The number of anilines is 2. The van der Waals surface area contributed by atoms with E-state index in [0.29, 0.717) is 23.8 Å². The summed E-state index contributed by atoms with van der Waals surface area (Å²) in [5, 5.41) is 4.92. The molecule has 8 rings (SSSR count). The van der Waals surface area contributed by atoms with Crippen LogP contribution in [0, 0.1) is 0 Å². The minimum absolute atomic E-state index is 0.421. The minimum Gasteiger partial charge on any atom is -0.493 e. The monoisotopic (exact) mass is 533 g/mol. The van der Waals surface area contributed by atoms with E-state index in [1.165, 1.54) is 18.4 Å². The summed E-state index contributed by atoms with van der Waals surface area (Å²) in [7, 11) is 0. The second kappa shape index (κ2) is 8.79. The van der Waals surface area contributed by atoms with Gasteiger partial charge in [0.25, 0.3) is 0 Å². The van der Waals surface area contributed by atoms with Crippen LogP contribution in [-0.4, -0.2) is 72.5 Å². The largest absolute Gasteiger partial charge is 0.493 e. The highest BCUT2D eigenvalue weighted by Gasteiger charge is 2.44. The Morgan fingerprint density at radius 2 is 1.82 bits per heavy atom. The molecule has 1 aromatic carbocycles. The molecule has 2 N–H and O–H groups in total. The zero-order valence-electron chi connectivity index (χ0n) is 22.5. The summed E-state index contributed by atoms with van der Waals surface area (Å²) >= 11 is 0. The Labute approximate surface area is 232 Å². The Balaban J connectivity index is 1.18. The Bertz CT molecular complexity index is 1740. The van der Waals surface area contributed by atoms with Gasteiger partial charge in [-0.05, 0) is 55.7 Å². The number of nitrogen functional groups attached to an aromatic ring is 1. The molecule has 1 saturated heterocycles. The Hall–Kier alpha value is -4.44. The van der Waals surface area contributed by atoms with E-state index in [1.807, 2.05) is 39.7 Å². The molecule has 3 aliphatic rings. The van der Waals surface area contributed by atoms with Crippen molar-refractivity contribution in [2.24, 2.45) is 0 Å². The van der Waals surface area contributed by atoms with E-state index in [2.05, 4.69) is 46.0 Å². The minimum atomic E-state index is 0.421. The van der Waals surface area contributed by atoms with Crippen LogP contribution in [0.2, 0.25) is 0 Å². The molecule has 0 atom stereocenters. The van der Waals surface area contributed by atoms with Gasteiger partial charge in [-0.15, -0.1) is 5.10 Å². The van der Waals surface area contributed by atoms with Crippen molar-refractivity contribution in [3.63, 3.8) is 0 Å². The number of nitrogens with two attached hydrogens (primary N) is 1. The molecule has 0 unspecified atom stereocenters. The van der Waals surface area contributed by atoms with Crippen molar-refractivity contribution >= 4 is 22.8 Å². The van der Waals surface area contributed by atoms with E-state index < -0.39 is 0 Å². The molecule has 5 aromatic rings. The van der Waals surface area contributed by atoms with E-state index in [4.69, 9.17) is 25.5 Å². The molecule has 6 heterocycles. The van der Waals surface area contributed by atoms with E-state index >= 15 is 0 Å². The van der Waals surface area contributed by atoms with E-state index in [1.54, 1.807) is 6.20 Å². The van der Waals surface area contributed by atoms with Crippen LogP contribution in [0.15, 0.2) is 60.9 Å². The third-order valence-electron chi connectivity index (χ3n) is 8.66. The van der Waals surface area contributed by atoms with Crippen molar-refractivity contribution in [2.75, 3.05) is 43.4 Å². The van der Waals surface area contributed by atoms with Crippen molar-refractivity contribution < 1.29 is 4.74 Å². The number of hydrogen-bond donors (Lipinski definition) is 1. The van der Waals surface area contributed by atoms with Gasteiger partial charge < -0.3 is 15.4 Å². The standard InChI is InChI=1S/C30H31N9O/c1-30(10-11-30)37-16-14-36(15-17-37)26-8-13-38(35-26)25-7-6-23-29(34-25)39(21-5-4-20-9-18-40-24(20)19-21)28(33-23)22-3-2-12-32-27(22)31/h2-8,12-13,19H,9-11,14-18H2,1H3,(H2,31,32). The highest BCUT2D eigenvalue weighted by Crippen LogP contribution is 2.41. The third kappa shape index (κ3) is 3.82. The molecule has 0 spiro atoms. The van der Waals surface area contributed by atoms with Crippen molar-refractivity contribution in [2.45, 2.75) is 31.7 Å². The van der Waals surface area contributed by atoms with Crippen LogP contribution < -0.4 is 15.4 Å². The Kier molecular flexibility index (Phi) is 5.15. The van der Waals surface area contributed by atoms with Crippen molar-refractivity contribution in [3.8, 4) is 28.6 Å². The van der Waals surface area contributed by atoms with Gasteiger partial charge in [0.05, 0.1) is 17.9 Å². The zero-order valence-corrected chi connectivity index (χ0v) is 22.5. The van der Waals surface area contributed by atoms with Gasteiger partial charge in [-0.3, -0.25) is 9.47 Å². The first-order valence-corrected chi connectivity index (χ1v) is 14.0. The lowest BCUT2D eigenvalue weighted by Gasteiger charge is -2.38. The van der Waals surface area contributed by atoms with E-state index in [-0.39, 0.29) is 0 Å². The van der Waals surface area contributed by atoms with E-state index in [0.717, 1.165) is 72.4 Å². The van der Waals surface area contributed by atoms with Crippen molar-refractivity contribution in [1.29, 1.82) is 0 Å².